The average Bonchev–Trinajstić information content (AvgIpc) is 3.15. The van der Waals surface area contributed by atoms with E-state index < -0.39 is 0 Å². The zero-order chi connectivity index (χ0) is 21.5. The summed E-state index contributed by atoms with van der Waals surface area (Å²) in [6.45, 7) is 4.50. The normalized spacial score (nSPS) is 14.5. The Labute approximate surface area is 182 Å². The minimum absolute atomic E-state index is 0.0944. The molecule has 154 valence electrons. The third-order valence-electron chi connectivity index (χ3n) is 6.69. The lowest BCUT2D eigenvalue weighted by molar-refractivity contribution is -0.384. The maximum atomic E-state index is 11.2. The first-order valence-electron chi connectivity index (χ1n) is 11.0. The summed E-state index contributed by atoms with van der Waals surface area (Å²) in [6.07, 6.45) is 3.40. The van der Waals surface area contributed by atoms with Crippen LogP contribution in [0, 0.1) is 17.0 Å². The summed E-state index contributed by atoms with van der Waals surface area (Å²) in [7, 11) is 0. The molecule has 4 aromatic carbocycles. The first-order chi connectivity index (χ1) is 15.1. The van der Waals surface area contributed by atoms with Crippen molar-refractivity contribution in [2.24, 2.45) is 0 Å². The smallest absolute Gasteiger partial charge is 0.258 e. The molecule has 0 bridgehead atoms. The molecule has 0 aromatic heterocycles. The van der Waals surface area contributed by atoms with Gasteiger partial charge in [0, 0.05) is 18.1 Å². The highest BCUT2D eigenvalue weighted by molar-refractivity contribution is 6.04. The van der Waals surface area contributed by atoms with E-state index in [4.69, 9.17) is 0 Å². The number of hydrogen-bond acceptors (Lipinski definition) is 2. The molecule has 5 rings (SSSR count). The summed E-state index contributed by atoms with van der Waals surface area (Å²) in [5.41, 5.74) is 9.30. The highest BCUT2D eigenvalue weighted by Crippen LogP contribution is 2.53. The van der Waals surface area contributed by atoms with E-state index in [-0.39, 0.29) is 16.5 Å². The summed E-state index contributed by atoms with van der Waals surface area (Å²) in [6, 6.07) is 24.5. The number of benzene rings is 4. The van der Waals surface area contributed by atoms with Gasteiger partial charge < -0.3 is 0 Å². The van der Waals surface area contributed by atoms with Gasteiger partial charge in [-0.2, -0.15) is 0 Å². The lowest BCUT2D eigenvalue weighted by Gasteiger charge is -2.21. The largest absolute Gasteiger partial charge is 0.269 e. The number of unbranched alkanes of at least 4 members (excludes halogenated alkanes) is 1. The van der Waals surface area contributed by atoms with Crippen molar-refractivity contribution in [3.63, 3.8) is 0 Å². The van der Waals surface area contributed by atoms with Crippen LogP contribution in [-0.4, -0.2) is 4.92 Å². The first kappa shape index (κ1) is 19.5. The third kappa shape index (κ3) is 3.04. The van der Waals surface area contributed by atoms with Gasteiger partial charge in [-0.15, -0.1) is 0 Å². The fraction of sp³-hybridized carbons (Fsp3) is 0.214. The van der Waals surface area contributed by atoms with Gasteiger partial charge in [0.25, 0.3) is 5.69 Å². The van der Waals surface area contributed by atoms with Crippen molar-refractivity contribution in [1.29, 1.82) is 0 Å². The van der Waals surface area contributed by atoms with Crippen molar-refractivity contribution in [2.75, 3.05) is 0 Å². The molecular weight excluding hydrogens is 382 g/mol. The molecule has 1 atom stereocenters. The van der Waals surface area contributed by atoms with E-state index in [1.165, 1.54) is 50.6 Å². The van der Waals surface area contributed by atoms with Crippen molar-refractivity contribution in [3.8, 4) is 11.1 Å². The Hall–Kier alpha value is -3.46. The maximum Gasteiger partial charge on any atom is 0.269 e. The molecule has 0 aliphatic heterocycles. The zero-order valence-corrected chi connectivity index (χ0v) is 17.9. The number of nitro benzene ring substituents is 1. The predicted molar refractivity (Wildman–Crippen MR) is 127 cm³/mol. The van der Waals surface area contributed by atoms with Crippen molar-refractivity contribution < 1.29 is 4.92 Å². The molecule has 1 unspecified atom stereocenters. The second kappa shape index (κ2) is 7.66. The van der Waals surface area contributed by atoms with Gasteiger partial charge in [-0.1, -0.05) is 74.0 Å². The zero-order valence-electron chi connectivity index (χ0n) is 17.9. The van der Waals surface area contributed by atoms with Gasteiger partial charge in [-0.3, -0.25) is 10.1 Å². The Kier molecular flexibility index (Phi) is 4.82. The number of hydrogen-bond donors (Lipinski definition) is 0. The van der Waals surface area contributed by atoms with Crippen LogP contribution in [0.15, 0.2) is 72.8 Å². The molecule has 0 spiro atoms. The standard InChI is InChI=1S/C28H25NO2/c1-3-4-9-21-18(2)26-27(19-14-16-20(17-15-19)29(30)31)24-12-7-8-13-25(24)28(26)23-11-6-5-10-22(21)23/h5-8,10-17,27H,3-4,9H2,1-2H3. The van der Waals surface area contributed by atoms with E-state index in [0.717, 1.165) is 18.4 Å². The molecule has 1 aliphatic carbocycles. The van der Waals surface area contributed by atoms with E-state index in [9.17, 15) is 10.1 Å². The maximum absolute atomic E-state index is 11.2. The monoisotopic (exact) mass is 407 g/mol. The molecule has 0 heterocycles. The quantitative estimate of drug-likeness (QED) is 0.223. The summed E-state index contributed by atoms with van der Waals surface area (Å²) < 4.78 is 0. The van der Waals surface area contributed by atoms with Gasteiger partial charge in [0.15, 0.2) is 0 Å². The average molecular weight is 408 g/mol. The van der Waals surface area contributed by atoms with Crippen LogP contribution < -0.4 is 0 Å². The van der Waals surface area contributed by atoms with E-state index in [1.54, 1.807) is 12.1 Å². The van der Waals surface area contributed by atoms with Crippen LogP contribution in [-0.2, 0) is 6.42 Å². The summed E-state index contributed by atoms with van der Waals surface area (Å²) >= 11 is 0. The van der Waals surface area contributed by atoms with Gasteiger partial charge in [-0.05, 0) is 69.5 Å². The van der Waals surface area contributed by atoms with Crippen molar-refractivity contribution in [1.82, 2.24) is 0 Å². The number of rotatable bonds is 5. The van der Waals surface area contributed by atoms with E-state index in [1.807, 2.05) is 12.1 Å². The van der Waals surface area contributed by atoms with Crippen molar-refractivity contribution in [3.05, 3.63) is 111 Å². The van der Waals surface area contributed by atoms with Gasteiger partial charge in [0.1, 0.15) is 0 Å². The summed E-state index contributed by atoms with van der Waals surface area (Å²) in [5, 5.41) is 13.8. The Morgan fingerprint density at radius 1 is 0.903 bits per heavy atom. The summed E-state index contributed by atoms with van der Waals surface area (Å²) in [4.78, 5) is 10.9. The summed E-state index contributed by atoms with van der Waals surface area (Å²) in [5.74, 6) is 0.0944. The number of aryl methyl sites for hydroxylation is 1. The SMILES string of the molecule is CCCCc1c(C)c2c(c3ccccc13)-c1ccccc1C2c1ccc([N+](=O)[O-])cc1. The lowest BCUT2D eigenvalue weighted by Crippen LogP contribution is -2.05. The van der Waals surface area contributed by atoms with Gasteiger partial charge >= 0.3 is 0 Å². The van der Waals surface area contributed by atoms with Gasteiger partial charge in [-0.25, -0.2) is 0 Å². The molecule has 0 fully saturated rings. The molecule has 3 nitrogen and oxygen atoms in total. The van der Waals surface area contributed by atoms with E-state index in [0.29, 0.717) is 0 Å². The molecule has 4 aromatic rings. The lowest BCUT2D eigenvalue weighted by atomic mass is 9.82. The fourth-order valence-electron chi connectivity index (χ4n) is 5.25. The van der Waals surface area contributed by atoms with E-state index in [2.05, 4.69) is 62.4 Å². The highest BCUT2D eigenvalue weighted by Gasteiger charge is 2.34. The fourth-order valence-corrected chi connectivity index (χ4v) is 5.25. The molecule has 3 heteroatoms. The Morgan fingerprint density at radius 3 is 2.29 bits per heavy atom. The van der Waals surface area contributed by atoms with Crippen LogP contribution in [0.3, 0.4) is 0 Å². The van der Waals surface area contributed by atoms with Crippen LogP contribution in [0.1, 0.15) is 53.5 Å². The highest BCUT2D eigenvalue weighted by atomic mass is 16.6. The van der Waals surface area contributed by atoms with E-state index >= 15 is 0 Å². The molecule has 31 heavy (non-hydrogen) atoms. The first-order valence-corrected chi connectivity index (χ1v) is 11.0. The molecule has 1 aliphatic rings. The van der Waals surface area contributed by atoms with Crippen LogP contribution in [0.2, 0.25) is 0 Å². The minimum Gasteiger partial charge on any atom is -0.258 e. The van der Waals surface area contributed by atoms with Crippen LogP contribution in [0.5, 0.6) is 0 Å². The second-order valence-electron chi connectivity index (χ2n) is 8.41. The number of nitro groups is 1. The topological polar surface area (TPSA) is 43.1 Å². The van der Waals surface area contributed by atoms with Crippen LogP contribution in [0.25, 0.3) is 21.9 Å². The third-order valence-corrected chi connectivity index (χ3v) is 6.69. The number of non-ortho nitro benzene ring substituents is 1. The molecule has 0 N–H and O–H groups in total. The minimum atomic E-state index is -0.331. The van der Waals surface area contributed by atoms with Gasteiger partial charge in [0.2, 0.25) is 0 Å². The number of nitrogens with zero attached hydrogens (tertiary/aromatic N) is 1. The van der Waals surface area contributed by atoms with Crippen molar-refractivity contribution >= 4 is 16.5 Å². The Bertz CT molecular complexity index is 1300. The molecule has 0 saturated carbocycles. The Morgan fingerprint density at radius 2 is 1.58 bits per heavy atom. The van der Waals surface area contributed by atoms with Crippen LogP contribution >= 0.6 is 0 Å². The second-order valence-corrected chi connectivity index (χ2v) is 8.41. The number of fused-ring (bicyclic) bond motifs is 5. The predicted octanol–water partition coefficient (Wildman–Crippen LogP) is 7.56. The molecule has 0 amide bonds. The van der Waals surface area contributed by atoms with Crippen LogP contribution in [0.4, 0.5) is 5.69 Å². The van der Waals surface area contributed by atoms with Crippen molar-refractivity contribution in [2.45, 2.75) is 39.0 Å². The Balaban J connectivity index is 1.82. The molecular formula is C28H25NO2. The molecule has 0 radical (unpaired) electrons. The molecule has 0 saturated heterocycles. The van der Waals surface area contributed by atoms with Gasteiger partial charge in [0.05, 0.1) is 4.92 Å².